The third kappa shape index (κ3) is 4.48. The van der Waals surface area contributed by atoms with Gasteiger partial charge in [-0.05, 0) is 30.5 Å². The van der Waals surface area contributed by atoms with Crippen LogP contribution in [0.3, 0.4) is 0 Å². The molecule has 1 aliphatic heterocycles. The number of thioether (sulfide) groups is 1. The highest BCUT2D eigenvalue weighted by Crippen LogP contribution is 2.30. The van der Waals surface area contributed by atoms with Crippen LogP contribution in [0.15, 0.2) is 41.8 Å². The van der Waals surface area contributed by atoms with Crippen LogP contribution >= 0.6 is 11.8 Å². The van der Waals surface area contributed by atoms with Crippen LogP contribution in [0.1, 0.15) is 5.69 Å². The van der Waals surface area contributed by atoms with Gasteiger partial charge in [-0.15, -0.1) is 11.8 Å². The third-order valence-electron chi connectivity index (χ3n) is 5.32. The van der Waals surface area contributed by atoms with Crippen molar-refractivity contribution in [2.24, 2.45) is 0 Å². The average Bonchev–Trinajstić information content (AvgIpc) is 3.50. The van der Waals surface area contributed by atoms with Gasteiger partial charge in [0.2, 0.25) is 5.95 Å². The fourth-order valence-corrected chi connectivity index (χ4v) is 4.21. The maximum absolute atomic E-state index is 5.44. The Morgan fingerprint density at radius 1 is 1.16 bits per heavy atom. The second kappa shape index (κ2) is 9.45. The van der Waals surface area contributed by atoms with Crippen LogP contribution < -0.4 is 15.5 Å². The van der Waals surface area contributed by atoms with E-state index in [-0.39, 0.29) is 0 Å². The maximum Gasteiger partial charge on any atom is 0.231 e. The normalized spacial score (nSPS) is 14.1. The van der Waals surface area contributed by atoms with E-state index in [1.165, 1.54) is 5.69 Å². The van der Waals surface area contributed by atoms with E-state index in [4.69, 9.17) is 9.72 Å². The first kappa shape index (κ1) is 20.6. The Bertz CT molecular complexity index is 1150. The molecule has 1 fully saturated rings. The Morgan fingerprint density at radius 3 is 2.75 bits per heavy atom. The number of H-pyrrole nitrogens is 2. The average molecular weight is 452 g/mol. The fraction of sp³-hybridized carbons (Fsp3) is 0.333. The Morgan fingerprint density at radius 2 is 2.00 bits per heavy atom. The molecule has 4 aromatic rings. The van der Waals surface area contributed by atoms with Gasteiger partial charge in [-0.3, -0.25) is 5.10 Å². The summed E-state index contributed by atoms with van der Waals surface area (Å²) in [6, 6.07) is 8.31. The van der Waals surface area contributed by atoms with Crippen molar-refractivity contribution in [3.63, 3.8) is 0 Å². The minimum atomic E-state index is 0.511. The van der Waals surface area contributed by atoms with Crippen molar-refractivity contribution >= 4 is 45.9 Å². The number of benzene rings is 1. The number of morpholine rings is 1. The van der Waals surface area contributed by atoms with Crippen LogP contribution in [-0.4, -0.2) is 69.2 Å². The van der Waals surface area contributed by atoms with Crippen molar-refractivity contribution < 1.29 is 4.74 Å². The van der Waals surface area contributed by atoms with Gasteiger partial charge in [0.05, 0.1) is 24.9 Å². The first-order valence-corrected chi connectivity index (χ1v) is 11.7. The van der Waals surface area contributed by atoms with Crippen LogP contribution in [0.25, 0.3) is 11.0 Å². The molecular formula is C21H25N9OS. The molecule has 166 valence electrons. The Hall–Kier alpha value is -3.31. The molecule has 0 aliphatic carbocycles. The summed E-state index contributed by atoms with van der Waals surface area (Å²) < 4.78 is 5.44. The molecule has 0 spiro atoms. The van der Waals surface area contributed by atoms with Gasteiger partial charge >= 0.3 is 0 Å². The number of nitrogens with one attached hydrogen (secondary N) is 4. The number of imidazole rings is 1. The molecule has 0 saturated carbocycles. The number of ether oxygens (including phenoxy) is 1. The third-order valence-corrected chi connectivity index (χ3v) is 6.00. The SMILES string of the molecule is CSc1n[nH]c2nc(Nc3ccc(N4CCOCC4)cc3)nc(NCCc3cnc[nH]3)c12. The van der Waals surface area contributed by atoms with Crippen molar-refractivity contribution in [1.82, 2.24) is 30.1 Å². The van der Waals surface area contributed by atoms with Crippen LogP contribution in [0.5, 0.6) is 0 Å². The molecule has 5 rings (SSSR count). The van der Waals surface area contributed by atoms with Gasteiger partial charge < -0.3 is 25.3 Å². The minimum Gasteiger partial charge on any atom is -0.378 e. The van der Waals surface area contributed by atoms with Gasteiger partial charge in [-0.25, -0.2) is 4.98 Å². The predicted molar refractivity (Wildman–Crippen MR) is 127 cm³/mol. The molecular weight excluding hydrogens is 426 g/mol. The zero-order chi connectivity index (χ0) is 21.8. The molecule has 0 atom stereocenters. The van der Waals surface area contributed by atoms with Gasteiger partial charge in [0.25, 0.3) is 0 Å². The van der Waals surface area contributed by atoms with E-state index >= 15 is 0 Å². The van der Waals surface area contributed by atoms with Gasteiger partial charge in [-0.2, -0.15) is 15.1 Å². The number of aromatic nitrogens is 6. The smallest absolute Gasteiger partial charge is 0.231 e. The lowest BCUT2D eigenvalue weighted by atomic mass is 10.2. The molecule has 10 nitrogen and oxygen atoms in total. The number of fused-ring (bicyclic) bond motifs is 1. The number of rotatable bonds is 8. The molecule has 32 heavy (non-hydrogen) atoms. The predicted octanol–water partition coefficient (Wildman–Crippen LogP) is 3.03. The molecule has 1 aromatic carbocycles. The maximum atomic E-state index is 5.44. The van der Waals surface area contributed by atoms with E-state index in [1.54, 1.807) is 18.1 Å². The van der Waals surface area contributed by atoms with Crippen molar-refractivity contribution in [3.05, 3.63) is 42.5 Å². The van der Waals surface area contributed by atoms with E-state index in [0.29, 0.717) is 18.1 Å². The summed E-state index contributed by atoms with van der Waals surface area (Å²) in [5, 5.41) is 15.9. The van der Waals surface area contributed by atoms with E-state index in [2.05, 4.69) is 52.8 Å². The fourth-order valence-electron chi connectivity index (χ4n) is 3.68. The van der Waals surface area contributed by atoms with E-state index in [0.717, 1.165) is 60.3 Å². The molecule has 3 aromatic heterocycles. The van der Waals surface area contributed by atoms with Gasteiger partial charge in [0.15, 0.2) is 5.65 Å². The lowest BCUT2D eigenvalue weighted by molar-refractivity contribution is 0.122. The highest BCUT2D eigenvalue weighted by molar-refractivity contribution is 7.98. The van der Waals surface area contributed by atoms with E-state index < -0.39 is 0 Å². The molecule has 1 saturated heterocycles. The number of hydrogen-bond acceptors (Lipinski definition) is 9. The van der Waals surface area contributed by atoms with Gasteiger partial charge in [-0.1, -0.05) is 0 Å². The second-order valence-corrected chi connectivity index (χ2v) is 8.17. The molecule has 4 N–H and O–H groups in total. The number of anilines is 4. The standard InChI is InChI=1S/C21H25N9OS/c1-32-20-17-18(23-7-6-15-12-22-13-24-15)26-21(27-19(17)28-29-20)25-14-2-4-16(5-3-14)30-8-10-31-11-9-30/h2-5,12-13H,6-11H2,1H3,(H,22,24)(H3,23,25,26,27,28,29). The first-order valence-electron chi connectivity index (χ1n) is 10.5. The zero-order valence-corrected chi connectivity index (χ0v) is 18.6. The molecule has 0 unspecified atom stereocenters. The Balaban J connectivity index is 1.35. The summed E-state index contributed by atoms with van der Waals surface area (Å²) >= 11 is 1.56. The van der Waals surface area contributed by atoms with Gasteiger partial charge in [0.1, 0.15) is 10.8 Å². The molecule has 11 heteroatoms. The summed E-state index contributed by atoms with van der Waals surface area (Å²) in [5.74, 6) is 1.26. The van der Waals surface area contributed by atoms with E-state index in [1.807, 2.05) is 24.6 Å². The lowest BCUT2D eigenvalue weighted by Crippen LogP contribution is -2.36. The van der Waals surface area contributed by atoms with Crippen LogP contribution in [0.4, 0.5) is 23.1 Å². The van der Waals surface area contributed by atoms with Crippen molar-refractivity contribution in [2.45, 2.75) is 11.4 Å². The number of aromatic amines is 2. The quantitative estimate of drug-likeness (QED) is 0.300. The molecule has 4 heterocycles. The Kier molecular flexibility index (Phi) is 6.08. The summed E-state index contributed by atoms with van der Waals surface area (Å²) in [4.78, 5) is 18.9. The van der Waals surface area contributed by atoms with Crippen LogP contribution in [-0.2, 0) is 11.2 Å². The number of hydrogen-bond donors (Lipinski definition) is 4. The minimum absolute atomic E-state index is 0.511. The first-order chi connectivity index (χ1) is 15.8. The van der Waals surface area contributed by atoms with Crippen molar-refractivity contribution in [1.29, 1.82) is 0 Å². The monoisotopic (exact) mass is 451 g/mol. The molecule has 0 bridgehead atoms. The topological polar surface area (TPSA) is 120 Å². The Labute approximate surface area is 189 Å². The number of nitrogens with zero attached hydrogens (tertiary/aromatic N) is 5. The van der Waals surface area contributed by atoms with E-state index in [9.17, 15) is 0 Å². The highest BCUT2D eigenvalue weighted by atomic mass is 32.2. The molecule has 0 radical (unpaired) electrons. The molecule has 1 aliphatic rings. The summed E-state index contributed by atoms with van der Waals surface area (Å²) in [6.45, 7) is 4.08. The van der Waals surface area contributed by atoms with Crippen molar-refractivity contribution in [2.75, 3.05) is 54.6 Å². The van der Waals surface area contributed by atoms with Crippen LogP contribution in [0.2, 0.25) is 0 Å². The zero-order valence-electron chi connectivity index (χ0n) is 17.8. The summed E-state index contributed by atoms with van der Waals surface area (Å²) in [6.07, 6.45) is 6.32. The van der Waals surface area contributed by atoms with Gasteiger partial charge in [0, 0.05) is 49.3 Å². The summed E-state index contributed by atoms with van der Waals surface area (Å²) in [7, 11) is 0. The van der Waals surface area contributed by atoms with Crippen LogP contribution in [0, 0.1) is 0 Å². The summed E-state index contributed by atoms with van der Waals surface area (Å²) in [5.41, 5.74) is 3.88. The lowest BCUT2D eigenvalue weighted by Gasteiger charge is -2.28. The second-order valence-electron chi connectivity index (χ2n) is 7.38. The largest absolute Gasteiger partial charge is 0.378 e. The van der Waals surface area contributed by atoms with Crippen molar-refractivity contribution in [3.8, 4) is 0 Å². The highest BCUT2D eigenvalue weighted by Gasteiger charge is 2.16. The molecule has 0 amide bonds.